The first-order chi connectivity index (χ1) is 8.49. The van der Waals surface area contributed by atoms with Crippen molar-refractivity contribution in [2.45, 2.75) is 58.5 Å². The largest absolute Gasteiger partial charge is 0.328 e. The summed E-state index contributed by atoms with van der Waals surface area (Å²) >= 11 is 0. The van der Waals surface area contributed by atoms with Gasteiger partial charge in [-0.2, -0.15) is 0 Å². The van der Waals surface area contributed by atoms with Crippen LogP contribution in [-0.4, -0.2) is 6.04 Å². The summed E-state index contributed by atoms with van der Waals surface area (Å²) < 4.78 is 0. The van der Waals surface area contributed by atoms with Gasteiger partial charge in [0.15, 0.2) is 0 Å². The second-order valence-corrected chi connectivity index (χ2v) is 5.99. The highest BCUT2D eigenvalue weighted by atomic mass is 14.7. The van der Waals surface area contributed by atoms with Gasteiger partial charge in [-0.05, 0) is 74.6 Å². The third-order valence-electron chi connectivity index (χ3n) is 4.57. The molecule has 1 aromatic carbocycles. The number of hydrogen-bond acceptors (Lipinski definition) is 2. The Morgan fingerprint density at radius 1 is 0.944 bits per heavy atom. The van der Waals surface area contributed by atoms with Crippen molar-refractivity contribution in [2.24, 2.45) is 17.4 Å². The second kappa shape index (κ2) is 5.41. The average Bonchev–Trinajstić information content (AvgIpc) is 2.34. The summed E-state index contributed by atoms with van der Waals surface area (Å²) in [5.41, 5.74) is 17.8. The zero-order valence-corrected chi connectivity index (χ0v) is 11.9. The molecule has 0 aliphatic heterocycles. The molecule has 1 atom stereocenters. The lowest BCUT2D eigenvalue weighted by Gasteiger charge is -2.31. The van der Waals surface area contributed by atoms with Gasteiger partial charge < -0.3 is 11.5 Å². The van der Waals surface area contributed by atoms with Gasteiger partial charge in [0.1, 0.15) is 0 Å². The van der Waals surface area contributed by atoms with Crippen LogP contribution in [0.1, 0.15) is 54.0 Å². The van der Waals surface area contributed by atoms with Gasteiger partial charge in [-0.15, -0.1) is 0 Å². The first-order valence-electron chi connectivity index (χ1n) is 7.08. The van der Waals surface area contributed by atoms with Gasteiger partial charge in [0.25, 0.3) is 0 Å². The van der Waals surface area contributed by atoms with E-state index in [1.807, 2.05) is 0 Å². The predicted octanol–water partition coefficient (Wildman–Crippen LogP) is 3.13. The minimum Gasteiger partial charge on any atom is -0.328 e. The van der Waals surface area contributed by atoms with Crippen molar-refractivity contribution in [3.8, 4) is 0 Å². The van der Waals surface area contributed by atoms with Crippen LogP contribution in [0.5, 0.6) is 0 Å². The van der Waals surface area contributed by atoms with Crippen molar-refractivity contribution in [2.75, 3.05) is 0 Å². The first-order valence-corrected chi connectivity index (χ1v) is 7.08. The molecular weight excluding hydrogens is 220 g/mol. The van der Waals surface area contributed by atoms with Crippen LogP contribution in [0.4, 0.5) is 0 Å². The molecule has 4 N–H and O–H groups in total. The van der Waals surface area contributed by atoms with E-state index in [2.05, 4.69) is 32.9 Å². The molecule has 1 aromatic rings. The van der Waals surface area contributed by atoms with Gasteiger partial charge in [-0.25, -0.2) is 0 Å². The van der Waals surface area contributed by atoms with Crippen LogP contribution in [0.25, 0.3) is 0 Å². The molecule has 0 amide bonds. The molecule has 1 aliphatic carbocycles. The van der Waals surface area contributed by atoms with Crippen molar-refractivity contribution in [1.82, 2.24) is 0 Å². The van der Waals surface area contributed by atoms with Gasteiger partial charge >= 0.3 is 0 Å². The van der Waals surface area contributed by atoms with Crippen molar-refractivity contribution in [1.29, 1.82) is 0 Å². The summed E-state index contributed by atoms with van der Waals surface area (Å²) in [6, 6.07) is 5.12. The van der Waals surface area contributed by atoms with Gasteiger partial charge in [-0.3, -0.25) is 0 Å². The summed E-state index contributed by atoms with van der Waals surface area (Å²) in [4.78, 5) is 0. The minimum absolute atomic E-state index is 0.178. The van der Waals surface area contributed by atoms with E-state index in [1.165, 1.54) is 35.1 Å². The van der Waals surface area contributed by atoms with Crippen molar-refractivity contribution in [3.05, 3.63) is 34.4 Å². The molecule has 0 saturated heterocycles. The van der Waals surface area contributed by atoms with Crippen molar-refractivity contribution in [3.63, 3.8) is 0 Å². The Kier molecular flexibility index (Phi) is 4.08. The zero-order valence-electron chi connectivity index (χ0n) is 11.9. The van der Waals surface area contributed by atoms with Crippen molar-refractivity contribution >= 4 is 0 Å². The molecule has 0 radical (unpaired) electrons. The molecule has 18 heavy (non-hydrogen) atoms. The highest BCUT2D eigenvalue weighted by Gasteiger charge is 2.25. The maximum atomic E-state index is 6.49. The van der Waals surface area contributed by atoms with Gasteiger partial charge in [0.2, 0.25) is 0 Å². The van der Waals surface area contributed by atoms with Gasteiger partial charge in [0.05, 0.1) is 0 Å². The minimum atomic E-state index is 0.178. The number of benzene rings is 1. The van der Waals surface area contributed by atoms with Gasteiger partial charge in [-0.1, -0.05) is 12.1 Å². The zero-order chi connectivity index (χ0) is 13.3. The molecule has 1 saturated carbocycles. The number of nitrogens with two attached hydrogens (primary N) is 2. The van der Waals surface area contributed by atoms with Crippen LogP contribution in [0.15, 0.2) is 12.1 Å². The normalized spacial score (nSPS) is 26.1. The van der Waals surface area contributed by atoms with E-state index in [9.17, 15) is 0 Å². The van der Waals surface area contributed by atoms with Gasteiger partial charge in [0, 0.05) is 12.1 Å². The van der Waals surface area contributed by atoms with Crippen LogP contribution in [0, 0.1) is 26.7 Å². The fourth-order valence-electron chi connectivity index (χ4n) is 3.10. The van der Waals surface area contributed by atoms with Crippen molar-refractivity contribution < 1.29 is 0 Å². The fraction of sp³-hybridized carbons (Fsp3) is 0.625. The molecule has 2 heteroatoms. The predicted molar refractivity (Wildman–Crippen MR) is 77.5 cm³/mol. The molecular formula is C16H26N2. The Hall–Kier alpha value is -0.860. The molecule has 0 heterocycles. The molecule has 0 spiro atoms. The number of aryl methyl sites for hydroxylation is 3. The molecule has 1 unspecified atom stereocenters. The SMILES string of the molecule is Cc1cc(C)c(C(N)C2CCC(N)CC2)cc1C. The Bertz CT molecular complexity index is 417. The molecule has 0 aromatic heterocycles. The quantitative estimate of drug-likeness (QED) is 0.842. The van der Waals surface area contributed by atoms with E-state index < -0.39 is 0 Å². The summed E-state index contributed by atoms with van der Waals surface area (Å²) in [5, 5.41) is 0. The molecule has 2 rings (SSSR count). The number of rotatable bonds is 2. The first kappa shape index (κ1) is 13.6. The lowest BCUT2D eigenvalue weighted by atomic mass is 9.78. The molecule has 100 valence electrons. The van der Waals surface area contributed by atoms with E-state index >= 15 is 0 Å². The Morgan fingerprint density at radius 2 is 1.50 bits per heavy atom. The van der Waals surface area contributed by atoms with Crippen LogP contribution in [0.3, 0.4) is 0 Å². The van der Waals surface area contributed by atoms with Crippen LogP contribution >= 0.6 is 0 Å². The Labute approximate surface area is 111 Å². The smallest absolute Gasteiger partial charge is 0.0326 e. The van der Waals surface area contributed by atoms with Crippen LogP contribution in [-0.2, 0) is 0 Å². The van der Waals surface area contributed by atoms with Crippen LogP contribution < -0.4 is 11.5 Å². The summed E-state index contributed by atoms with van der Waals surface area (Å²) in [6.07, 6.45) is 4.61. The highest BCUT2D eigenvalue weighted by molar-refractivity contribution is 5.38. The maximum Gasteiger partial charge on any atom is 0.0326 e. The fourth-order valence-corrected chi connectivity index (χ4v) is 3.10. The standard InChI is InChI=1S/C16H26N2/c1-10-8-12(3)15(9-11(10)2)16(18)13-4-6-14(17)7-5-13/h8-9,13-14,16H,4-7,17-18H2,1-3H3. The molecule has 1 aliphatic rings. The lowest BCUT2D eigenvalue weighted by Crippen LogP contribution is -2.32. The van der Waals surface area contributed by atoms with E-state index in [-0.39, 0.29) is 6.04 Å². The van der Waals surface area contributed by atoms with E-state index in [0.29, 0.717) is 12.0 Å². The average molecular weight is 246 g/mol. The second-order valence-electron chi connectivity index (χ2n) is 5.99. The topological polar surface area (TPSA) is 52.0 Å². The maximum absolute atomic E-state index is 6.49. The third kappa shape index (κ3) is 2.76. The van der Waals surface area contributed by atoms with E-state index in [1.54, 1.807) is 0 Å². The Balaban J connectivity index is 2.18. The lowest BCUT2D eigenvalue weighted by molar-refractivity contribution is 0.284. The number of hydrogen-bond donors (Lipinski definition) is 2. The Morgan fingerprint density at radius 3 is 2.11 bits per heavy atom. The van der Waals surface area contributed by atoms with E-state index in [4.69, 9.17) is 11.5 Å². The monoisotopic (exact) mass is 246 g/mol. The summed E-state index contributed by atoms with van der Waals surface area (Å²) in [5.74, 6) is 0.602. The molecule has 2 nitrogen and oxygen atoms in total. The summed E-state index contributed by atoms with van der Waals surface area (Å²) in [6.45, 7) is 6.51. The molecule has 1 fully saturated rings. The highest BCUT2D eigenvalue weighted by Crippen LogP contribution is 2.34. The third-order valence-corrected chi connectivity index (χ3v) is 4.57. The van der Waals surface area contributed by atoms with E-state index in [0.717, 1.165) is 12.8 Å². The van der Waals surface area contributed by atoms with Crippen LogP contribution in [0.2, 0.25) is 0 Å². The molecule has 0 bridgehead atoms. The summed E-state index contributed by atoms with van der Waals surface area (Å²) in [7, 11) is 0.